The predicted octanol–water partition coefficient (Wildman–Crippen LogP) is 2.23. The van der Waals surface area contributed by atoms with Crippen LogP contribution in [0.3, 0.4) is 0 Å². The normalized spacial score (nSPS) is 10.0. The number of carboxylic acid groups (broad SMARTS) is 1. The van der Waals surface area contributed by atoms with Crippen LogP contribution in [0, 0.1) is 5.82 Å². The highest BCUT2D eigenvalue weighted by molar-refractivity contribution is 9.10. The highest BCUT2D eigenvalue weighted by Gasteiger charge is 2.20. The van der Waals surface area contributed by atoms with Gasteiger partial charge in [0.25, 0.3) is 0 Å². The SMILES string of the molecule is COc1cc(Br)c(CC(=O)O)c(F)c1OC. The van der Waals surface area contributed by atoms with Gasteiger partial charge in [0.05, 0.1) is 20.6 Å². The van der Waals surface area contributed by atoms with E-state index in [1.807, 2.05) is 0 Å². The van der Waals surface area contributed by atoms with E-state index in [9.17, 15) is 9.18 Å². The Morgan fingerprint density at radius 3 is 2.56 bits per heavy atom. The lowest BCUT2D eigenvalue weighted by Gasteiger charge is -2.12. The van der Waals surface area contributed by atoms with Gasteiger partial charge in [-0.15, -0.1) is 0 Å². The average Bonchev–Trinajstić information content (AvgIpc) is 2.23. The summed E-state index contributed by atoms with van der Waals surface area (Å²) in [6.07, 6.45) is -0.424. The second-order valence-corrected chi connectivity index (χ2v) is 3.81. The molecule has 0 heterocycles. The van der Waals surface area contributed by atoms with Crippen molar-refractivity contribution in [2.75, 3.05) is 14.2 Å². The largest absolute Gasteiger partial charge is 0.493 e. The lowest BCUT2D eigenvalue weighted by molar-refractivity contribution is -0.136. The summed E-state index contributed by atoms with van der Waals surface area (Å²) in [7, 11) is 2.67. The Bertz CT molecular complexity index is 420. The molecule has 6 heteroatoms. The molecule has 0 saturated heterocycles. The molecule has 1 aromatic carbocycles. The molecule has 0 aliphatic carbocycles. The van der Waals surface area contributed by atoms with E-state index in [0.717, 1.165) is 0 Å². The van der Waals surface area contributed by atoms with Gasteiger partial charge in [-0.2, -0.15) is 0 Å². The van der Waals surface area contributed by atoms with Gasteiger partial charge in [0.15, 0.2) is 17.3 Å². The van der Waals surface area contributed by atoms with Gasteiger partial charge in [-0.1, -0.05) is 15.9 Å². The Kier molecular flexibility index (Phi) is 4.12. The van der Waals surface area contributed by atoms with Crippen molar-refractivity contribution in [2.45, 2.75) is 6.42 Å². The van der Waals surface area contributed by atoms with Gasteiger partial charge >= 0.3 is 5.97 Å². The van der Waals surface area contributed by atoms with Crippen LogP contribution in [0.5, 0.6) is 11.5 Å². The van der Waals surface area contributed by atoms with Crippen LogP contribution < -0.4 is 9.47 Å². The zero-order chi connectivity index (χ0) is 12.3. The highest BCUT2D eigenvalue weighted by Crippen LogP contribution is 2.37. The lowest BCUT2D eigenvalue weighted by Crippen LogP contribution is -2.06. The van der Waals surface area contributed by atoms with Crippen molar-refractivity contribution < 1.29 is 23.8 Å². The summed E-state index contributed by atoms with van der Waals surface area (Å²) in [6.45, 7) is 0. The maximum Gasteiger partial charge on any atom is 0.307 e. The maximum atomic E-state index is 13.8. The summed E-state index contributed by atoms with van der Waals surface area (Å²) in [4.78, 5) is 10.6. The number of hydrogen-bond acceptors (Lipinski definition) is 3. The van der Waals surface area contributed by atoms with Crippen LogP contribution in [0.15, 0.2) is 10.5 Å². The van der Waals surface area contributed by atoms with Gasteiger partial charge in [-0.05, 0) is 6.07 Å². The first kappa shape index (κ1) is 12.8. The summed E-state index contributed by atoms with van der Waals surface area (Å²) in [5, 5.41) is 8.65. The summed E-state index contributed by atoms with van der Waals surface area (Å²) >= 11 is 3.09. The Balaban J connectivity index is 3.34. The van der Waals surface area contributed by atoms with Crippen molar-refractivity contribution in [3.05, 3.63) is 21.9 Å². The Labute approximate surface area is 100 Å². The quantitative estimate of drug-likeness (QED) is 0.925. The molecule has 0 unspecified atom stereocenters. The number of aliphatic carboxylic acids is 1. The summed E-state index contributed by atoms with van der Waals surface area (Å²) in [5.74, 6) is -1.73. The van der Waals surface area contributed by atoms with E-state index in [1.165, 1.54) is 20.3 Å². The molecule has 1 rings (SSSR count). The van der Waals surface area contributed by atoms with Gasteiger partial charge < -0.3 is 14.6 Å². The van der Waals surface area contributed by atoms with Crippen LogP contribution in [0.4, 0.5) is 4.39 Å². The molecular formula is C10H10BrFO4. The topological polar surface area (TPSA) is 55.8 Å². The fourth-order valence-electron chi connectivity index (χ4n) is 1.27. The molecule has 0 spiro atoms. The van der Waals surface area contributed by atoms with Crippen LogP contribution in [-0.2, 0) is 11.2 Å². The molecule has 16 heavy (non-hydrogen) atoms. The van der Waals surface area contributed by atoms with E-state index in [0.29, 0.717) is 4.47 Å². The van der Waals surface area contributed by atoms with E-state index < -0.39 is 18.2 Å². The number of carbonyl (C=O) groups is 1. The highest BCUT2D eigenvalue weighted by atomic mass is 79.9. The van der Waals surface area contributed by atoms with Crippen molar-refractivity contribution >= 4 is 21.9 Å². The number of halogens is 2. The van der Waals surface area contributed by atoms with Crippen molar-refractivity contribution in [3.8, 4) is 11.5 Å². The van der Waals surface area contributed by atoms with Gasteiger partial charge in [0.2, 0.25) is 0 Å². The van der Waals surface area contributed by atoms with Gasteiger partial charge in [-0.3, -0.25) is 4.79 Å². The zero-order valence-electron chi connectivity index (χ0n) is 8.71. The predicted molar refractivity (Wildman–Crippen MR) is 58.5 cm³/mol. The standard InChI is InChI=1S/C10H10BrFO4/c1-15-7-4-6(11)5(3-8(13)14)9(12)10(7)16-2/h4H,3H2,1-2H3,(H,13,14). The fourth-order valence-corrected chi connectivity index (χ4v) is 1.80. The minimum Gasteiger partial charge on any atom is -0.493 e. The van der Waals surface area contributed by atoms with E-state index in [4.69, 9.17) is 14.6 Å². The van der Waals surface area contributed by atoms with Crippen LogP contribution in [0.25, 0.3) is 0 Å². The first-order valence-electron chi connectivity index (χ1n) is 4.31. The third-order valence-electron chi connectivity index (χ3n) is 1.99. The number of methoxy groups -OCH3 is 2. The molecule has 4 nitrogen and oxygen atoms in total. The summed E-state index contributed by atoms with van der Waals surface area (Å²) in [6, 6.07) is 1.47. The first-order valence-corrected chi connectivity index (χ1v) is 5.11. The van der Waals surface area contributed by atoms with Crippen molar-refractivity contribution in [1.29, 1.82) is 0 Å². The zero-order valence-corrected chi connectivity index (χ0v) is 10.3. The van der Waals surface area contributed by atoms with E-state index in [1.54, 1.807) is 0 Å². The van der Waals surface area contributed by atoms with Crippen LogP contribution >= 0.6 is 15.9 Å². The van der Waals surface area contributed by atoms with E-state index in [2.05, 4.69) is 15.9 Å². The second kappa shape index (κ2) is 5.16. The molecule has 0 aliphatic rings. The number of carboxylic acids is 1. The number of ether oxygens (including phenoxy) is 2. The van der Waals surface area contributed by atoms with Crippen molar-refractivity contribution in [2.24, 2.45) is 0 Å². The Morgan fingerprint density at radius 2 is 2.12 bits per heavy atom. The lowest BCUT2D eigenvalue weighted by atomic mass is 10.1. The Morgan fingerprint density at radius 1 is 1.50 bits per heavy atom. The number of rotatable bonds is 4. The summed E-state index contributed by atoms with van der Waals surface area (Å²) in [5.41, 5.74) is 0.0325. The molecule has 0 bridgehead atoms. The van der Waals surface area contributed by atoms with Crippen molar-refractivity contribution in [3.63, 3.8) is 0 Å². The fraction of sp³-hybridized carbons (Fsp3) is 0.300. The van der Waals surface area contributed by atoms with E-state index >= 15 is 0 Å². The Hall–Kier alpha value is -1.30. The minimum absolute atomic E-state index is 0.0325. The molecule has 0 fully saturated rings. The molecule has 88 valence electrons. The van der Waals surface area contributed by atoms with Crippen LogP contribution in [0.1, 0.15) is 5.56 Å². The molecule has 0 atom stereocenters. The van der Waals surface area contributed by atoms with E-state index in [-0.39, 0.29) is 17.1 Å². The summed E-state index contributed by atoms with van der Waals surface area (Å²) < 4.78 is 23.9. The smallest absolute Gasteiger partial charge is 0.307 e. The molecular weight excluding hydrogens is 283 g/mol. The molecule has 0 aliphatic heterocycles. The number of hydrogen-bond donors (Lipinski definition) is 1. The molecule has 1 aromatic rings. The molecule has 0 aromatic heterocycles. The third kappa shape index (κ3) is 2.44. The maximum absolute atomic E-state index is 13.8. The molecule has 0 saturated carbocycles. The van der Waals surface area contributed by atoms with Gasteiger partial charge in [0.1, 0.15) is 0 Å². The molecule has 0 amide bonds. The minimum atomic E-state index is -1.12. The van der Waals surface area contributed by atoms with Crippen LogP contribution in [0.2, 0.25) is 0 Å². The molecule has 0 radical (unpaired) electrons. The van der Waals surface area contributed by atoms with Gasteiger partial charge in [-0.25, -0.2) is 4.39 Å². The second-order valence-electron chi connectivity index (χ2n) is 2.96. The number of benzene rings is 1. The molecule has 1 N–H and O–H groups in total. The van der Waals surface area contributed by atoms with Crippen LogP contribution in [-0.4, -0.2) is 25.3 Å². The monoisotopic (exact) mass is 292 g/mol. The van der Waals surface area contributed by atoms with Gasteiger partial charge in [0, 0.05) is 10.0 Å². The first-order chi connectivity index (χ1) is 7.51. The average molecular weight is 293 g/mol. The third-order valence-corrected chi connectivity index (χ3v) is 2.69. The van der Waals surface area contributed by atoms with Crippen molar-refractivity contribution in [1.82, 2.24) is 0 Å².